The van der Waals surface area contributed by atoms with Gasteiger partial charge < -0.3 is 10.5 Å². The minimum absolute atomic E-state index is 0.117. The van der Waals surface area contributed by atoms with Crippen LogP contribution in [0.2, 0.25) is 0 Å². The van der Waals surface area contributed by atoms with Crippen molar-refractivity contribution in [3.63, 3.8) is 0 Å². The van der Waals surface area contributed by atoms with Crippen molar-refractivity contribution in [3.8, 4) is 28.3 Å². The van der Waals surface area contributed by atoms with Crippen LogP contribution < -0.4 is 10.5 Å². The molecule has 3 aromatic rings. The van der Waals surface area contributed by atoms with Crippen LogP contribution in [-0.4, -0.2) is 27.5 Å². The second kappa shape index (κ2) is 6.47. The lowest BCUT2D eigenvalue weighted by Crippen LogP contribution is -2.16. The van der Waals surface area contributed by atoms with E-state index in [4.69, 9.17) is 5.73 Å². The number of ether oxygens (including phenoxy) is 1. The second-order valence-corrected chi connectivity index (χ2v) is 5.14. The number of benzene rings is 2. The molecule has 0 saturated heterocycles. The predicted octanol–water partition coefficient (Wildman–Crippen LogP) is 3.28. The van der Waals surface area contributed by atoms with Gasteiger partial charge in [-0.1, -0.05) is 12.1 Å². The van der Waals surface area contributed by atoms with E-state index in [1.54, 1.807) is 0 Å². The number of rotatable bonds is 4. The number of carbonyl (C=O) groups is 1. The maximum absolute atomic E-state index is 14.1. The third kappa shape index (κ3) is 3.79. The summed E-state index contributed by atoms with van der Waals surface area (Å²) < 4.78 is 54.5. The van der Waals surface area contributed by atoms with E-state index in [9.17, 15) is 22.4 Å². The number of carbonyl (C=O) groups excluding carboxylic acids is 1. The maximum atomic E-state index is 14.1. The molecule has 0 aliphatic heterocycles. The average molecular weight is 366 g/mol. The van der Waals surface area contributed by atoms with Gasteiger partial charge in [-0.05, 0) is 35.9 Å². The van der Waals surface area contributed by atoms with E-state index in [-0.39, 0.29) is 17.2 Å². The van der Waals surface area contributed by atoms with Crippen molar-refractivity contribution in [2.45, 2.75) is 6.36 Å². The number of aromatic nitrogens is 3. The molecular formula is C16H10F4N4O2. The van der Waals surface area contributed by atoms with Crippen LogP contribution in [0.5, 0.6) is 5.75 Å². The number of primary amides is 1. The summed E-state index contributed by atoms with van der Waals surface area (Å²) in [6.07, 6.45) is -4.81. The molecule has 6 nitrogen and oxygen atoms in total. The molecule has 3 N–H and O–H groups in total. The first-order valence-corrected chi connectivity index (χ1v) is 7.11. The van der Waals surface area contributed by atoms with Crippen molar-refractivity contribution in [2.24, 2.45) is 5.73 Å². The summed E-state index contributed by atoms with van der Waals surface area (Å²) in [6.45, 7) is 0. The van der Waals surface area contributed by atoms with E-state index in [0.29, 0.717) is 11.1 Å². The fourth-order valence-corrected chi connectivity index (χ4v) is 2.22. The molecule has 1 aromatic heterocycles. The summed E-state index contributed by atoms with van der Waals surface area (Å²) in [7, 11) is 0. The molecule has 1 amide bonds. The van der Waals surface area contributed by atoms with Crippen LogP contribution in [-0.2, 0) is 0 Å². The Labute approximate surface area is 143 Å². The number of nitrogens with one attached hydrogen (secondary N) is 1. The summed E-state index contributed by atoms with van der Waals surface area (Å²) in [6, 6.07) is 8.69. The second-order valence-electron chi connectivity index (χ2n) is 5.14. The van der Waals surface area contributed by atoms with Gasteiger partial charge in [0.25, 0.3) is 5.91 Å². The molecule has 10 heteroatoms. The van der Waals surface area contributed by atoms with Crippen molar-refractivity contribution < 1.29 is 27.1 Å². The van der Waals surface area contributed by atoms with Gasteiger partial charge in [-0.25, -0.2) is 9.37 Å². The molecule has 0 bridgehead atoms. The van der Waals surface area contributed by atoms with Gasteiger partial charge in [0.15, 0.2) is 5.82 Å². The molecule has 0 atom stereocenters. The molecule has 0 aliphatic carbocycles. The minimum atomic E-state index is -4.81. The summed E-state index contributed by atoms with van der Waals surface area (Å²) in [5.74, 6) is -1.84. The van der Waals surface area contributed by atoms with Gasteiger partial charge >= 0.3 is 6.36 Å². The Hall–Kier alpha value is -3.43. The first-order chi connectivity index (χ1) is 12.2. The van der Waals surface area contributed by atoms with Crippen molar-refractivity contribution in [2.75, 3.05) is 0 Å². The van der Waals surface area contributed by atoms with Gasteiger partial charge in [-0.15, -0.1) is 13.2 Å². The van der Waals surface area contributed by atoms with Crippen LogP contribution in [0.25, 0.3) is 22.5 Å². The molecule has 0 spiro atoms. The Morgan fingerprint density at radius 1 is 1.08 bits per heavy atom. The smallest absolute Gasteiger partial charge is 0.406 e. The maximum Gasteiger partial charge on any atom is 0.573 e. The van der Waals surface area contributed by atoms with E-state index < -0.39 is 23.8 Å². The number of hydrogen-bond acceptors (Lipinski definition) is 4. The third-order valence-electron chi connectivity index (χ3n) is 3.34. The fraction of sp³-hybridized carbons (Fsp3) is 0.0625. The summed E-state index contributed by atoms with van der Waals surface area (Å²) in [4.78, 5) is 14.9. The highest BCUT2D eigenvalue weighted by molar-refractivity contribution is 5.89. The van der Waals surface area contributed by atoms with Crippen molar-refractivity contribution in [1.29, 1.82) is 0 Å². The van der Waals surface area contributed by atoms with E-state index >= 15 is 0 Å². The van der Waals surface area contributed by atoms with Crippen LogP contribution in [0.3, 0.4) is 0 Å². The number of hydrogen-bond donors (Lipinski definition) is 2. The number of alkyl halides is 3. The lowest BCUT2D eigenvalue weighted by atomic mass is 10.0. The van der Waals surface area contributed by atoms with E-state index in [1.165, 1.54) is 24.3 Å². The molecule has 0 radical (unpaired) electrons. The molecule has 2 aromatic carbocycles. The Bertz CT molecular complexity index is 952. The summed E-state index contributed by atoms with van der Waals surface area (Å²) >= 11 is 0. The normalized spacial score (nSPS) is 11.4. The van der Waals surface area contributed by atoms with Crippen LogP contribution in [0, 0.1) is 5.82 Å². The molecule has 1 heterocycles. The minimum Gasteiger partial charge on any atom is -0.406 e. The molecule has 26 heavy (non-hydrogen) atoms. The molecule has 0 saturated carbocycles. The molecule has 0 unspecified atom stereocenters. The zero-order valence-electron chi connectivity index (χ0n) is 12.8. The fourth-order valence-electron chi connectivity index (χ4n) is 2.22. The van der Waals surface area contributed by atoms with Gasteiger partial charge in [0.1, 0.15) is 11.6 Å². The Morgan fingerprint density at radius 3 is 2.31 bits per heavy atom. The van der Waals surface area contributed by atoms with Crippen molar-refractivity contribution in [3.05, 3.63) is 54.1 Å². The highest BCUT2D eigenvalue weighted by atomic mass is 19.4. The molecule has 3 rings (SSSR count). The highest BCUT2D eigenvalue weighted by Crippen LogP contribution is 2.30. The third-order valence-corrected chi connectivity index (χ3v) is 3.34. The van der Waals surface area contributed by atoms with E-state index in [0.717, 1.165) is 18.2 Å². The van der Waals surface area contributed by atoms with Gasteiger partial charge in [0.05, 0.1) is 0 Å². The van der Waals surface area contributed by atoms with Crippen LogP contribution in [0.4, 0.5) is 17.6 Å². The van der Waals surface area contributed by atoms with Crippen LogP contribution >= 0.6 is 0 Å². The topological polar surface area (TPSA) is 93.9 Å². The number of H-pyrrole nitrogens is 1. The Morgan fingerprint density at radius 2 is 1.73 bits per heavy atom. The van der Waals surface area contributed by atoms with E-state index in [1.807, 2.05) is 0 Å². The lowest BCUT2D eigenvalue weighted by molar-refractivity contribution is -0.274. The highest BCUT2D eigenvalue weighted by Gasteiger charge is 2.31. The van der Waals surface area contributed by atoms with Gasteiger partial charge in [0, 0.05) is 11.1 Å². The van der Waals surface area contributed by atoms with Crippen molar-refractivity contribution in [1.82, 2.24) is 15.2 Å². The number of amides is 1. The summed E-state index contributed by atoms with van der Waals surface area (Å²) in [5.41, 5.74) is 5.91. The van der Waals surface area contributed by atoms with Crippen LogP contribution in [0.15, 0.2) is 42.5 Å². The monoisotopic (exact) mass is 366 g/mol. The molecule has 0 aliphatic rings. The largest absolute Gasteiger partial charge is 0.573 e. The number of aromatic amines is 1. The predicted molar refractivity (Wildman–Crippen MR) is 82.4 cm³/mol. The quantitative estimate of drug-likeness (QED) is 0.693. The molecular weight excluding hydrogens is 356 g/mol. The number of nitrogens with zero attached hydrogens (tertiary/aromatic N) is 2. The van der Waals surface area contributed by atoms with E-state index in [2.05, 4.69) is 19.9 Å². The van der Waals surface area contributed by atoms with Gasteiger partial charge in [-0.3, -0.25) is 9.89 Å². The first-order valence-electron chi connectivity index (χ1n) is 7.11. The number of halogens is 4. The lowest BCUT2D eigenvalue weighted by Gasteiger charge is -2.10. The SMILES string of the molecule is NC(=O)c1nc(-c2ccc(F)c(-c3ccc(OC(F)(F)F)cc3)c2)n[nH]1. The first kappa shape index (κ1) is 17.4. The van der Waals surface area contributed by atoms with Crippen molar-refractivity contribution >= 4 is 5.91 Å². The molecule has 134 valence electrons. The Kier molecular flexibility index (Phi) is 4.33. The standard InChI is InChI=1S/C16H10F4N4O2/c17-12-6-3-9(14-22-15(13(21)25)24-23-14)7-11(12)8-1-4-10(5-2-8)26-16(18,19)20/h1-7H,(H2,21,25)(H,22,23,24). The van der Waals surface area contributed by atoms with Gasteiger partial charge in [-0.2, -0.15) is 5.10 Å². The zero-order chi connectivity index (χ0) is 18.9. The Balaban J connectivity index is 1.93. The zero-order valence-corrected chi connectivity index (χ0v) is 12.8. The average Bonchev–Trinajstić information content (AvgIpc) is 3.05. The molecule has 0 fully saturated rings. The van der Waals surface area contributed by atoms with Gasteiger partial charge in [0.2, 0.25) is 5.82 Å². The van der Waals surface area contributed by atoms with Crippen LogP contribution in [0.1, 0.15) is 10.6 Å². The number of nitrogens with two attached hydrogens (primary N) is 1. The summed E-state index contributed by atoms with van der Waals surface area (Å²) in [5, 5.41) is 6.18.